The van der Waals surface area contributed by atoms with E-state index in [-0.39, 0.29) is 6.42 Å². The van der Waals surface area contributed by atoms with Gasteiger partial charge in [0.15, 0.2) is 0 Å². The third-order valence-corrected chi connectivity index (χ3v) is 2.85. The summed E-state index contributed by atoms with van der Waals surface area (Å²) in [7, 11) is 1.78. The molecule has 1 heterocycles. The van der Waals surface area contributed by atoms with Crippen LogP contribution in [-0.2, 0) is 23.9 Å². The van der Waals surface area contributed by atoms with Crippen molar-refractivity contribution in [2.75, 3.05) is 0 Å². The van der Waals surface area contributed by atoms with Crippen LogP contribution in [0.2, 0.25) is 0 Å². The molecule has 0 amide bonds. The van der Waals surface area contributed by atoms with Gasteiger partial charge in [-0.15, -0.1) is 0 Å². The standard InChI is InChI=1S/C10H14N2O3/c1-12-6-7-8(11-12)3-2-4-10(7,15)5-9(13)14/h6,15H,2-5H2,1H3,(H,13,14). The van der Waals surface area contributed by atoms with Crippen molar-refractivity contribution in [3.63, 3.8) is 0 Å². The average molecular weight is 210 g/mol. The Kier molecular flexibility index (Phi) is 2.26. The summed E-state index contributed by atoms with van der Waals surface area (Å²) in [5, 5.41) is 23.3. The highest BCUT2D eigenvalue weighted by atomic mass is 16.4. The molecule has 15 heavy (non-hydrogen) atoms. The molecule has 1 aromatic rings. The molecule has 0 bridgehead atoms. The Hall–Kier alpha value is -1.36. The number of hydrogen-bond donors (Lipinski definition) is 2. The first kappa shape index (κ1) is 10.2. The molecule has 1 aliphatic carbocycles. The zero-order valence-corrected chi connectivity index (χ0v) is 8.60. The molecule has 2 rings (SSSR count). The average Bonchev–Trinajstić information content (AvgIpc) is 2.45. The maximum Gasteiger partial charge on any atom is 0.306 e. The Morgan fingerprint density at radius 3 is 3.13 bits per heavy atom. The lowest BCUT2D eigenvalue weighted by Crippen LogP contribution is -2.32. The summed E-state index contributed by atoms with van der Waals surface area (Å²) in [6.07, 6.45) is 3.58. The van der Waals surface area contributed by atoms with Crippen LogP contribution in [0.3, 0.4) is 0 Å². The quantitative estimate of drug-likeness (QED) is 0.741. The van der Waals surface area contributed by atoms with E-state index in [1.165, 1.54) is 0 Å². The molecular weight excluding hydrogens is 196 g/mol. The van der Waals surface area contributed by atoms with Gasteiger partial charge in [0.25, 0.3) is 0 Å². The molecule has 5 heteroatoms. The van der Waals surface area contributed by atoms with Crippen molar-refractivity contribution < 1.29 is 15.0 Å². The first-order chi connectivity index (χ1) is 7.01. The number of fused-ring (bicyclic) bond motifs is 1. The first-order valence-electron chi connectivity index (χ1n) is 4.98. The summed E-state index contributed by atoms with van der Waals surface area (Å²) < 4.78 is 1.63. The molecular formula is C10H14N2O3. The number of hydrogen-bond acceptors (Lipinski definition) is 3. The van der Waals surface area contributed by atoms with Crippen LogP contribution in [0.15, 0.2) is 6.20 Å². The molecule has 0 aliphatic heterocycles. The minimum absolute atomic E-state index is 0.244. The fraction of sp³-hybridized carbons (Fsp3) is 0.600. The second kappa shape index (κ2) is 3.34. The largest absolute Gasteiger partial charge is 0.481 e. The van der Waals surface area contributed by atoms with Crippen molar-refractivity contribution in [2.45, 2.75) is 31.3 Å². The normalized spacial score (nSPS) is 24.9. The molecule has 5 nitrogen and oxygen atoms in total. The van der Waals surface area contributed by atoms with Crippen LogP contribution in [0.1, 0.15) is 30.5 Å². The van der Waals surface area contributed by atoms with Gasteiger partial charge in [0, 0.05) is 18.8 Å². The highest BCUT2D eigenvalue weighted by Crippen LogP contribution is 2.37. The fourth-order valence-electron chi connectivity index (χ4n) is 2.22. The molecule has 0 aromatic carbocycles. The van der Waals surface area contributed by atoms with Crippen molar-refractivity contribution >= 4 is 5.97 Å². The SMILES string of the molecule is Cn1cc2c(n1)CCCC2(O)CC(=O)O. The molecule has 0 saturated carbocycles. The first-order valence-corrected chi connectivity index (χ1v) is 4.98. The van der Waals surface area contributed by atoms with Crippen molar-refractivity contribution in [1.82, 2.24) is 9.78 Å². The van der Waals surface area contributed by atoms with Crippen molar-refractivity contribution in [3.05, 3.63) is 17.5 Å². The Bertz CT molecular complexity index is 399. The van der Waals surface area contributed by atoms with Gasteiger partial charge in [-0.25, -0.2) is 0 Å². The van der Waals surface area contributed by atoms with Crippen LogP contribution >= 0.6 is 0 Å². The van der Waals surface area contributed by atoms with Gasteiger partial charge in [0.2, 0.25) is 0 Å². The Labute approximate surface area is 87.3 Å². The molecule has 0 fully saturated rings. The minimum Gasteiger partial charge on any atom is -0.481 e. The van der Waals surface area contributed by atoms with E-state index in [0.29, 0.717) is 12.0 Å². The van der Waals surface area contributed by atoms with Gasteiger partial charge >= 0.3 is 5.97 Å². The number of carbonyl (C=O) groups is 1. The summed E-state index contributed by atoms with van der Waals surface area (Å²) in [4.78, 5) is 10.7. The number of carboxylic acid groups (broad SMARTS) is 1. The van der Waals surface area contributed by atoms with E-state index in [1.54, 1.807) is 17.9 Å². The van der Waals surface area contributed by atoms with Gasteiger partial charge in [-0.1, -0.05) is 0 Å². The number of rotatable bonds is 2. The smallest absolute Gasteiger partial charge is 0.306 e. The maximum absolute atomic E-state index is 10.7. The number of nitrogens with zero attached hydrogens (tertiary/aromatic N) is 2. The molecule has 82 valence electrons. The van der Waals surface area contributed by atoms with Gasteiger partial charge < -0.3 is 10.2 Å². The van der Waals surface area contributed by atoms with Gasteiger partial charge in [0.1, 0.15) is 5.60 Å². The summed E-state index contributed by atoms with van der Waals surface area (Å²) in [5.74, 6) is -0.978. The van der Waals surface area contributed by atoms with Gasteiger partial charge in [-0.3, -0.25) is 9.48 Å². The monoisotopic (exact) mass is 210 g/mol. The zero-order valence-electron chi connectivity index (χ0n) is 8.60. The highest BCUT2D eigenvalue weighted by Gasteiger charge is 2.38. The summed E-state index contributed by atoms with van der Waals surface area (Å²) in [6.45, 7) is 0. The van der Waals surface area contributed by atoms with E-state index in [4.69, 9.17) is 5.11 Å². The van der Waals surface area contributed by atoms with Crippen molar-refractivity contribution in [3.8, 4) is 0 Å². The van der Waals surface area contributed by atoms with Crippen LogP contribution in [-0.4, -0.2) is 26.0 Å². The molecule has 0 saturated heterocycles. The van der Waals surface area contributed by atoms with Gasteiger partial charge in [0.05, 0.1) is 12.1 Å². The predicted octanol–water partition coefficient (Wildman–Crippen LogP) is 0.419. The molecule has 0 spiro atoms. The third-order valence-electron chi connectivity index (χ3n) is 2.85. The summed E-state index contributed by atoms with van der Waals surface area (Å²) in [6, 6.07) is 0. The lowest BCUT2D eigenvalue weighted by atomic mass is 9.80. The Morgan fingerprint density at radius 1 is 1.73 bits per heavy atom. The predicted molar refractivity (Wildman–Crippen MR) is 52.3 cm³/mol. The van der Waals surface area contributed by atoms with Crippen LogP contribution in [0.25, 0.3) is 0 Å². The number of aryl methyl sites for hydroxylation is 2. The molecule has 0 radical (unpaired) electrons. The lowest BCUT2D eigenvalue weighted by Gasteiger charge is -2.29. The van der Waals surface area contributed by atoms with E-state index in [1.807, 2.05) is 0 Å². The molecule has 1 aromatic heterocycles. The lowest BCUT2D eigenvalue weighted by molar-refractivity contribution is -0.143. The van der Waals surface area contributed by atoms with E-state index < -0.39 is 11.6 Å². The Balaban J connectivity index is 2.39. The highest BCUT2D eigenvalue weighted by molar-refractivity contribution is 5.68. The number of aliphatic hydroxyl groups is 1. The van der Waals surface area contributed by atoms with Crippen LogP contribution in [0.4, 0.5) is 0 Å². The van der Waals surface area contributed by atoms with Crippen LogP contribution < -0.4 is 0 Å². The number of aliphatic carboxylic acids is 1. The topological polar surface area (TPSA) is 75.3 Å². The van der Waals surface area contributed by atoms with E-state index in [9.17, 15) is 9.90 Å². The second-order valence-electron chi connectivity index (χ2n) is 4.12. The molecule has 1 atom stereocenters. The van der Waals surface area contributed by atoms with Crippen molar-refractivity contribution in [2.24, 2.45) is 7.05 Å². The van der Waals surface area contributed by atoms with Gasteiger partial charge in [-0.05, 0) is 19.3 Å². The Morgan fingerprint density at radius 2 is 2.47 bits per heavy atom. The minimum atomic E-state index is -1.23. The van der Waals surface area contributed by atoms with Crippen LogP contribution in [0.5, 0.6) is 0 Å². The van der Waals surface area contributed by atoms with Crippen molar-refractivity contribution in [1.29, 1.82) is 0 Å². The molecule has 1 aliphatic rings. The number of carboxylic acids is 1. The molecule has 1 unspecified atom stereocenters. The van der Waals surface area contributed by atoms with E-state index >= 15 is 0 Å². The zero-order chi connectivity index (χ0) is 11.1. The van der Waals surface area contributed by atoms with Crippen LogP contribution in [0, 0.1) is 0 Å². The third kappa shape index (κ3) is 1.74. The van der Waals surface area contributed by atoms with E-state index in [0.717, 1.165) is 18.5 Å². The number of aromatic nitrogens is 2. The summed E-state index contributed by atoms with van der Waals surface area (Å²) in [5.41, 5.74) is 0.277. The fourth-order valence-corrected chi connectivity index (χ4v) is 2.22. The van der Waals surface area contributed by atoms with Gasteiger partial charge in [-0.2, -0.15) is 5.10 Å². The van der Waals surface area contributed by atoms with E-state index in [2.05, 4.69) is 5.10 Å². The molecule has 2 N–H and O–H groups in total. The summed E-state index contributed by atoms with van der Waals surface area (Å²) >= 11 is 0. The second-order valence-corrected chi connectivity index (χ2v) is 4.12. The maximum atomic E-state index is 10.7.